The summed E-state index contributed by atoms with van der Waals surface area (Å²) in [4.78, 5) is 0. The van der Waals surface area contributed by atoms with Gasteiger partial charge in [-0.3, -0.25) is 0 Å². The number of hydrogen-bond acceptors (Lipinski definition) is 1. The van der Waals surface area contributed by atoms with Crippen LogP contribution < -0.4 is 0 Å². The molecular weight excluding hydrogens is 180 g/mol. The van der Waals surface area contributed by atoms with Crippen molar-refractivity contribution in [2.45, 2.75) is 44.6 Å². The smallest absolute Gasteiger partial charge is 0.447 e. The van der Waals surface area contributed by atoms with E-state index in [0.29, 0.717) is 0 Å². The number of rotatable bonds is 3. The minimum absolute atomic E-state index is 0.147. The third-order valence-corrected chi connectivity index (χ3v) is 2.32. The van der Waals surface area contributed by atoms with Gasteiger partial charge in [0.25, 0.3) is 0 Å². The molecule has 13 heavy (non-hydrogen) atoms. The van der Waals surface area contributed by atoms with Crippen LogP contribution in [-0.2, 0) is 4.74 Å². The van der Waals surface area contributed by atoms with Crippen molar-refractivity contribution in [3.8, 4) is 0 Å². The van der Waals surface area contributed by atoms with Crippen molar-refractivity contribution in [2.75, 3.05) is 6.51 Å². The van der Waals surface area contributed by atoms with Gasteiger partial charge in [0.15, 0.2) is 0 Å². The Morgan fingerprint density at radius 3 is 2.00 bits per heavy atom. The van der Waals surface area contributed by atoms with E-state index in [-0.39, 0.29) is 6.10 Å². The molecule has 0 spiro atoms. The molecule has 0 unspecified atom stereocenters. The molecule has 0 aromatic carbocycles. The Hall–Kier alpha value is -0.185. The van der Waals surface area contributed by atoms with E-state index in [1.807, 2.05) is 0 Å². The molecule has 1 aliphatic carbocycles. The van der Waals surface area contributed by atoms with Crippen molar-refractivity contribution in [3.05, 3.63) is 0 Å². The van der Waals surface area contributed by atoms with E-state index in [9.17, 15) is 12.9 Å². The van der Waals surface area contributed by atoms with Crippen LogP contribution in [0.1, 0.15) is 38.5 Å². The lowest BCUT2D eigenvalue weighted by atomic mass is 9.94. The van der Waals surface area contributed by atoms with Gasteiger partial charge in [-0.2, -0.15) is 0 Å². The second kappa shape index (κ2) is 4.89. The van der Waals surface area contributed by atoms with Crippen molar-refractivity contribution in [2.24, 2.45) is 0 Å². The summed E-state index contributed by atoms with van der Waals surface area (Å²) in [7, 11) is 0. The average molecular weight is 195 g/mol. The van der Waals surface area contributed by atoms with Crippen LogP contribution in [0.15, 0.2) is 0 Å². The monoisotopic (exact) mass is 195 g/mol. The minimum Gasteiger partial charge on any atom is -0.447 e. The lowest BCUT2D eigenvalue weighted by molar-refractivity contribution is 0.0582. The molecule has 0 atom stereocenters. The summed E-state index contributed by atoms with van der Waals surface area (Å²) in [5.74, 6) is 0. The molecule has 5 heteroatoms. The average Bonchev–Trinajstić information content (AvgIpc) is 2.26. The highest BCUT2D eigenvalue weighted by atomic mass is 19.4. The van der Waals surface area contributed by atoms with Crippen LogP contribution >= 0.6 is 0 Å². The third kappa shape index (κ3) is 5.19. The fourth-order valence-corrected chi connectivity index (χ4v) is 1.65. The zero-order valence-electron chi connectivity index (χ0n) is 7.65. The number of ether oxygens (including phenoxy) is 1. The molecule has 0 saturated heterocycles. The molecule has 1 nitrogen and oxygen atoms in total. The molecule has 0 aromatic heterocycles. The summed E-state index contributed by atoms with van der Waals surface area (Å²) in [6.07, 6.45) is 5.74. The van der Waals surface area contributed by atoms with Crippen LogP contribution in [0, 0.1) is 0 Å². The lowest BCUT2D eigenvalue weighted by Crippen LogP contribution is -2.28. The van der Waals surface area contributed by atoms with Crippen LogP contribution in [0.5, 0.6) is 0 Å². The Morgan fingerprint density at radius 1 is 1.00 bits per heavy atom. The van der Waals surface area contributed by atoms with E-state index in [0.717, 1.165) is 38.5 Å². The number of hydrogen-bond donors (Lipinski definition) is 0. The molecule has 0 radical (unpaired) electrons. The molecule has 0 aromatic rings. The van der Waals surface area contributed by atoms with E-state index in [1.165, 1.54) is 0 Å². The maximum Gasteiger partial charge on any atom is 0.503 e. The summed E-state index contributed by atoms with van der Waals surface area (Å²) in [6.45, 7) is -5.78. The highest BCUT2D eigenvalue weighted by Gasteiger charge is 2.25. The van der Waals surface area contributed by atoms with Crippen molar-refractivity contribution in [1.82, 2.24) is 0 Å². The first-order valence-corrected chi connectivity index (χ1v) is 4.90. The van der Waals surface area contributed by atoms with Gasteiger partial charge >= 0.3 is 6.98 Å². The van der Waals surface area contributed by atoms with E-state index in [4.69, 9.17) is 4.74 Å². The van der Waals surface area contributed by atoms with Crippen LogP contribution in [0.2, 0.25) is 0 Å². The maximum atomic E-state index is 11.8. The first-order valence-electron chi connectivity index (χ1n) is 4.90. The third-order valence-electron chi connectivity index (χ3n) is 2.32. The molecule has 0 heterocycles. The fraction of sp³-hybridized carbons (Fsp3) is 1.00. The predicted molar refractivity (Wildman–Crippen MR) is 46.5 cm³/mol. The van der Waals surface area contributed by atoms with Gasteiger partial charge in [-0.05, 0) is 12.8 Å². The van der Waals surface area contributed by atoms with E-state index in [1.54, 1.807) is 0 Å². The van der Waals surface area contributed by atoms with Gasteiger partial charge in [0, 0.05) is 6.51 Å². The first-order chi connectivity index (χ1) is 6.08. The topological polar surface area (TPSA) is 9.23 Å². The molecule has 0 N–H and O–H groups in total. The summed E-state index contributed by atoms with van der Waals surface area (Å²) < 4.78 is 40.4. The van der Waals surface area contributed by atoms with Gasteiger partial charge in [-0.25, -0.2) is 0 Å². The highest BCUT2D eigenvalue weighted by molar-refractivity contribution is 6.58. The Bertz CT molecular complexity index is 141. The van der Waals surface area contributed by atoms with Gasteiger partial charge < -0.3 is 17.7 Å². The molecule has 0 amide bonds. The van der Waals surface area contributed by atoms with Crippen molar-refractivity contribution in [1.29, 1.82) is 0 Å². The molecule has 1 saturated carbocycles. The molecule has 0 aliphatic heterocycles. The molecule has 78 valence electrons. The predicted octanol–water partition coefficient (Wildman–Crippen LogP) is 3.11. The lowest BCUT2D eigenvalue weighted by Gasteiger charge is -2.20. The molecular formula is C8H15BF3O-. The summed E-state index contributed by atoms with van der Waals surface area (Å²) in [5, 5.41) is 0. The fourth-order valence-electron chi connectivity index (χ4n) is 1.65. The van der Waals surface area contributed by atoms with E-state index >= 15 is 0 Å². The van der Waals surface area contributed by atoms with Crippen molar-refractivity contribution >= 4 is 6.98 Å². The standard InChI is InChI=1S/C8H15BF3O/c10-9(11,12)7-13-8-5-3-1-2-4-6-8/h8H,1-7H2/q-1. The largest absolute Gasteiger partial charge is 0.503 e. The van der Waals surface area contributed by atoms with E-state index < -0.39 is 13.5 Å². The molecule has 1 fully saturated rings. The second-order valence-corrected chi connectivity index (χ2v) is 3.66. The molecule has 1 rings (SSSR count). The van der Waals surface area contributed by atoms with Gasteiger partial charge in [-0.1, -0.05) is 25.7 Å². The van der Waals surface area contributed by atoms with Crippen molar-refractivity contribution in [3.63, 3.8) is 0 Å². The first kappa shape index (κ1) is 10.9. The summed E-state index contributed by atoms with van der Waals surface area (Å²) in [6, 6.07) is 0. The Labute approximate surface area is 76.7 Å². The zero-order chi connectivity index (χ0) is 9.73. The maximum absolute atomic E-state index is 11.8. The van der Waals surface area contributed by atoms with Crippen LogP contribution in [-0.4, -0.2) is 19.6 Å². The van der Waals surface area contributed by atoms with Gasteiger partial charge in [0.05, 0.1) is 6.10 Å². The Balaban J connectivity index is 2.19. The van der Waals surface area contributed by atoms with E-state index in [2.05, 4.69) is 0 Å². The quantitative estimate of drug-likeness (QED) is 0.496. The highest BCUT2D eigenvalue weighted by Crippen LogP contribution is 2.21. The normalized spacial score (nSPS) is 21.5. The number of halogens is 3. The van der Waals surface area contributed by atoms with Gasteiger partial charge in [0.2, 0.25) is 0 Å². The van der Waals surface area contributed by atoms with Crippen LogP contribution in [0.3, 0.4) is 0 Å². The van der Waals surface area contributed by atoms with Crippen LogP contribution in [0.4, 0.5) is 12.9 Å². The summed E-state index contributed by atoms with van der Waals surface area (Å²) >= 11 is 0. The summed E-state index contributed by atoms with van der Waals surface area (Å²) in [5.41, 5.74) is 0. The SMILES string of the molecule is F[B-](F)(F)COC1CCCCCC1. The Morgan fingerprint density at radius 2 is 1.54 bits per heavy atom. The zero-order valence-corrected chi connectivity index (χ0v) is 7.65. The minimum atomic E-state index is -4.76. The van der Waals surface area contributed by atoms with Crippen molar-refractivity contribution < 1.29 is 17.7 Å². The second-order valence-electron chi connectivity index (χ2n) is 3.66. The molecule has 0 bridgehead atoms. The molecule has 1 aliphatic rings. The van der Waals surface area contributed by atoms with Crippen LogP contribution in [0.25, 0.3) is 0 Å². The van der Waals surface area contributed by atoms with Gasteiger partial charge in [-0.15, -0.1) is 0 Å². The Kier molecular flexibility index (Phi) is 4.10. The van der Waals surface area contributed by atoms with Gasteiger partial charge in [0.1, 0.15) is 0 Å².